The molecular formula is C29H38N6O3. The molecule has 2 aliphatic rings. The summed E-state index contributed by atoms with van der Waals surface area (Å²) >= 11 is 0. The van der Waals surface area contributed by atoms with Gasteiger partial charge < -0.3 is 15.7 Å². The molecule has 5 rings (SSSR count). The third kappa shape index (κ3) is 5.67. The number of aromatic nitrogens is 4. The molecule has 2 saturated carbocycles. The van der Waals surface area contributed by atoms with E-state index in [1.54, 1.807) is 16.9 Å². The summed E-state index contributed by atoms with van der Waals surface area (Å²) in [6, 6.07) is 8.93. The van der Waals surface area contributed by atoms with Crippen molar-refractivity contribution >= 4 is 17.5 Å². The first kappa shape index (κ1) is 26.2. The number of benzene rings is 1. The molecule has 1 aromatic carbocycles. The molecule has 0 spiro atoms. The van der Waals surface area contributed by atoms with Crippen LogP contribution in [0.1, 0.15) is 67.8 Å². The van der Waals surface area contributed by atoms with Crippen molar-refractivity contribution in [2.75, 3.05) is 11.9 Å². The number of hydrogen-bond donors (Lipinski definition) is 4. The van der Waals surface area contributed by atoms with E-state index in [1.807, 2.05) is 24.3 Å². The number of carbonyl (C=O) groups is 2. The van der Waals surface area contributed by atoms with Gasteiger partial charge in [0, 0.05) is 36.3 Å². The monoisotopic (exact) mass is 518 g/mol. The minimum Gasteiger partial charge on any atom is -0.396 e. The minimum atomic E-state index is -0.615. The number of aromatic amines is 1. The van der Waals surface area contributed by atoms with E-state index >= 15 is 0 Å². The molecule has 2 amide bonds. The molecule has 0 saturated heterocycles. The highest BCUT2D eigenvalue weighted by Crippen LogP contribution is 2.51. The van der Waals surface area contributed by atoms with Gasteiger partial charge in [-0.2, -0.15) is 10.2 Å². The van der Waals surface area contributed by atoms with Crippen molar-refractivity contribution in [3.63, 3.8) is 0 Å². The van der Waals surface area contributed by atoms with Gasteiger partial charge in [0.1, 0.15) is 11.7 Å². The van der Waals surface area contributed by atoms with Gasteiger partial charge in [-0.05, 0) is 86.5 Å². The van der Waals surface area contributed by atoms with Gasteiger partial charge in [-0.25, -0.2) is 0 Å². The van der Waals surface area contributed by atoms with E-state index in [0.29, 0.717) is 36.2 Å². The Balaban J connectivity index is 1.34. The van der Waals surface area contributed by atoms with Crippen LogP contribution >= 0.6 is 0 Å². The molecule has 4 N–H and O–H groups in total. The van der Waals surface area contributed by atoms with Gasteiger partial charge in [-0.1, -0.05) is 26.0 Å². The zero-order valence-electron chi connectivity index (χ0n) is 22.2. The second kappa shape index (κ2) is 11.5. The summed E-state index contributed by atoms with van der Waals surface area (Å²) in [6.07, 6.45) is 8.22. The van der Waals surface area contributed by atoms with Crippen LogP contribution in [0.2, 0.25) is 0 Å². The molecule has 3 aromatic rings. The normalized spacial score (nSPS) is 16.0. The lowest BCUT2D eigenvalue weighted by Gasteiger charge is -2.27. The minimum absolute atomic E-state index is 0.0241. The fraction of sp³-hybridized carbons (Fsp3) is 0.517. The summed E-state index contributed by atoms with van der Waals surface area (Å²) in [5.74, 6) is 0.601. The summed E-state index contributed by atoms with van der Waals surface area (Å²) in [6.45, 7) is 4.67. The highest BCUT2D eigenvalue weighted by Gasteiger charge is 2.48. The maximum atomic E-state index is 13.7. The predicted molar refractivity (Wildman–Crippen MR) is 146 cm³/mol. The van der Waals surface area contributed by atoms with Crippen molar-refractivity contribution < 1.29 is 14.7 Å². The molecule has 2 aliphatic carbocycles. The van der Waals surface area contributed by atoms with Gasteiger partial charge in [0.25, 0.3) is 5.91 Å². The maximum Gasteiger partial charge on any atom is 0.270 e. The Morgan fingerprint density at radius 2 is 1.79 bits per heavy atom. The smallest absolute Gasteiger partial charge is 0.270 e. The molecule has 0 bridgehead atoms. The van der Waals surface area contributed by atoms with Crippen molar-refractivity contribution in [1.29, 1.82) is 0 Å². The number of hydrogen-bond acceptors (Lipinski definition) is 5. The number of H-pyrrole nitrogens is 1. The Morgan fingerprint density at radius 1 is 1.08 bits per heavy atom. The van der Waals surface area contributed by atoms with Crippen LogP contribution in [0.15, 0.2) is 36.5 Å². The zero-order chi connectivity index (χ0) is 26.6. The number of anilines is 1. The number of rotatable bonds is 13. The van der Waals surface area contributed by atoms with Crippen LogP contribution < -0.4 is 10.6 Å². The van der Waals surface area contributed by atoms with Crippen LogP contribution in [-0.2, 0) is 24.2 Å². The molecule has 202 valence electrons. The number of aliphatic hydroxyl groups excluding tert-OH is 1. The van der Waals surface area contributed by atoms with Crippen LogP contribution in [0.25, 0.3) is 11.1 Å². The predicted octanol–water partition coefficient (Wildman–Crippen LogP) is 3.95. The number of aryl methyl sites for hydroxylation is 3. The van der Waals surface area contributed by atoms with Crippen molar-refractivity contribution in [2.45, 2.75) is 71.4 Å². The first-order chi connectivity index (χ1) is 18.5. The fourth-order valence-electron chi connectivity index (χ4n) is 5.58. The van der Waals surface area contributed by atoms with Gasteiger partial charge in [0.05, 0.1) is 5.69 Å². The average Bonchev–Trinajstić information content (AvgIpc) is 3.86. The molecule has 38 heavy (non-hydrogen) atoms. The quantitative estimate of drug-likeness (QED) is 0.273. The zero-order valence-corrected chi connectivity index (χ0v) is 22.2. The average molecular weight is 519 g/mol. The number of carbonyl (C=O) groups excluding carboxylic acids is 2. The summed E-state index contributed by atoms with van der Waals surface area (Å²) in [4.78, 5) is 27.0. The van der Waals surface area contributed by atoms with Crippen LogP contribution in [0.5, 0.6) is 0 Å². The van der Waals surface area contributed by atoms with E-state index < -0.39 is 6.04 Å². The number of nitrogens with one attached hydrogen (secondary N) is 3. The summed E-state index contributed by atoms with van der Waals surface area (Å²) in [7, 11) is 0. The molecule has 9 nitrogen and oxygen atoms in total. The van der Waals surface area contributed by atoms with Crippen molar-refractivity contribution in [1.82, 2.24) is 25.3 Å². The summed E-state index contributed by atoms with van der Waals surface area (Å²) < 4.78 is 1.59. The van der Waals surface area contributed by atoms with E-state index in [2.05, 4.69) is 39.8 Å². The molecule has 2 aromatic heterocycles. The largest absolute Gasteiger partial charge is 0.396 e. The van der Waals surface area contributed by atoms with E-state index in [0.717, 1.165) is 61.0 Å². The summed E-state index contributed by atoms with van der Waals surface area (Å²) in [5, 5.41) is 27.2. The van der Waals surface area contributed by atoms with E-state index in [-0.39, 0.29) is 24.3 Å². The Hall–Kier alpha value is -3.46. The molecule has 1 unspecified atom stereocenters. The Bertz CT molecular complexity index is 1220. The van der Waals surface area contributed by atoms with Gasteiger partial charge in [-0.15, -0.1) is 0 Å². The number of nitrogens with zero attached hydrogens (tertiary/aromatic N) is 3. The topological polar surface area (TPSA) is 125 Å². The highest BCUT2D eigenvalue weighted by molar-refractivity contribution is 6.01. The lowest BCUT2D eigenvalue weighted by molar-refractivity contribution is -0.119. The summed E-state index contributed by atoms with van der Waals surface area (Å²) in [5.41, 5.74) is 5.46. The molecule has 0 radical (unpaired) electrons. The Kier molecular flexibility index (Phi) is 7.93. The van der Waals surface area contributed by atoms with Gasteiger partial charge >= 0.3 is 0 Å². The standard InChI is InChI=1S/C29H38N6O3/c1-3-22-26(23(4-2)34-33-22)20-10-12-21(13-11-20)31-29(38)27(25(18-6-7-18)19-8-9-19)32-28(37)24-14-15-30-35(24)16-5-17-36/h10-15,18-19,25,27,36H,3-9,16-17H2,1-2H3,(H,31,38)(H,32,37)(H,33,34). The highest BCUT2D eigenvalue weighted by atomic mass is 16.3. The van der Waals surface area contributed by atoms with Crippen molar-refractivity contribution in [3.05, 3.63) is 53.6 Å². The van der Waals surface area contributed by atoms with Crippen molar-refractivity contribution in [3.8, 4) is 11.1 Å². The lowest BCUT2D eigenvalue weighted by Crippen LogP contribution is -2.50. The second-order valence-electron chi connectivity index (χ2n) is 10.5. The van der Waals surface area contributed by atoms with Gasteiger partial charge in [0.2, 0.25) is 5.91 Å². The number of amides is 2. The third-order valence-corrected chi connectivity index (χ3v) is 7.81. The van der Waals surface area contributed by atoms with Gasteiger partial charge in [-0.3, -0.25) is 19.4 Å². The van der Waals surface area contributed by atoms with Crippen LogP contribution in [-0.4, -0.2) is 49.5 Å². The van der Waals surface area contributed by atoms with E-state index in [4.69, 9.17) is 0 Å². The van der Waals surface area contributed by atoms with E-state index in [9.17, 15) is 14.7 Å². The first-order valence-electron chi connectivity index (χ1n) is 13.9. The Labute approximate surface area is 223 Å². The Morgan fingerprint density at radius 3 is 2.39 bits per heavy atom. The van der Waals surface area contributed by atoms with Crippen LogP contribution in [0.4, 0.5) is 5.69 Å². The van der Waals surface area contributed by atoms with E-state index in [1.165, 1.54) is 0 Å². The molecular weight excluding hydrogens is 480 g/mol. The maximum absolute atomic E-state index is 13.7. The molecule has 9 heteroatoms. The SMILES string of the molecule is CCc1n[nH]c(CC)c1-c1ccc(NC(=O)C(NC(=O)c2ccnn2CCCO)C(C2CC2)C2CC2)cc1. The lowest BCUT2D eigenvalue weighted by atomic mass is 9.88. The van der Waals surface area contributed by atoms with Crippen LogP contribution in [0, 0.1) is 17.8 Å². The third-order valence-electron chi connectivity index (χ3n) is 7.81. The molecule has 1 atom stereocenters. The second-order valence-corrected chi connectivity index (χ2v) is 10.5. The molecule has 0 aliphatic heterocycles. The number of aliphatic hydroxyl groups is 1. The molecule has 2 fully saturated rings. The molecule has 2 heterocycles. The van der Waals surface area contributed by atoms with Crippen LogP contribution in [0.3, 0.4) is 0 Å². The van der Waals surface area contributed by atoms with Gasteiger partial charge in [0.15, 0.2) is 0 Å². The fourth-order valence-corrected chi connectivity index (χ4v) is 5.58. The first-order valence-corrected chi connectivity index (χ1v) is 13.9. The van der Waals surface area contributed by atoms with Crippen molar-refractivity contribution in [2.24, 2.45) is 17.8 Å².